The van der Waals surface area contributed by atoms with E-state index in [1.165, 1.54) is 0 Å². The number of methoxy groups -OCH3 is 2. The number of rotatable bonds is 4. The largest absolute Gasteiger partial charge is 0.389 e. The molecule has 0 radical (unpaired) electrons. The van der Waals surface area contributed by atoms with Gasteiger partial charge in [-0.25, -0.2) is 0 Å². The Morgan fingerprint density at radius 1 is 0.826 bits per heavy atom. The molecule has 6 N–H and O–H groups in total. The highest BCUT2D eigenvalue weighted by Crippen LogP contribution is 2.41. The van der Waals surface area contributed by atoms with Crippen LogP contribution in [-0.2, 0) is 9.47 Å². The number of nitrogens with two attached hydrogens (primary N) is 2. The van der Waals surface area contributed by atoms with Crippen LogP contribution in [0.15, 0.2) is 0 Å². The highest BCUT2D eigenvalue weighted by molar-refractivity contribution is 4.98. The third-order valence-electron chi connectivity index (χ3n) is 6.53. The summed E-state index contributed by atoms with van der Waals surface area (Å²) in [6.45, 7) is 4.22. The molecule has 2 saturated carbocycles. The van der Waals surface area contributed by atoms with Crippen molar-refractivity contribution in [2.75, 3.05) is 14.2 Å². The molecule has 10 atom stereocenters. The van der Waals surface area contributed by atoms with E-state index in [-0.39, 0.29) is 36.1 Å². The molecule has 0 amide bonds. The third kappa shape index (κ3) is 3.72. The minimum absolute atomic E-state index is 0.206. The predicted octanol–water partition coefficient (Wildman–Crippen LogP) is 0.0949. The Hall–Kier alpha value is -0.240. The Labute approximate surface area is 139 Å². The molecule has 0 aliphatic heterocycles. The summed E-state index contributed by atoms with van der Waals surface area (Å²) in [5.74, 6) is 1.22. The maximum absolute atomic E-state index is 10.2. The van der Waals surface area contributed by atoms with Gasteiger partial charge in [0.25, 0.3) is 0 Å². The van der Waals surface area contributed by atoms with Crippen LogP contribution in [0.4, 0.5) is 0 Å². The van der Waals surface area contributed by atoms with Gasteiger partial charge in [0.05, 0.1) is 24.4 Å². The van der Waals surface area contributed by atoms with E-state index in [9.17, 15) is 10.2 Å². The monoisotopic (exact) mass is 330 g/mol. The van der Waals surface area contributed by atoms with Gasteiger partial charge in [-0.05, 0) is 42.9 Å². The van der Waals surface area contributed by atoms with Crippen molar-refractivity contribution < 1.29 is 19.7 Å². The van der Waals surface area contributed by atoms with Crippen LogP contribution in [0.2, 0.25) is 0 Å². The summed E-state index contributed by atoms with van der Waals surface area (Å²) in [6.07, 6.45) is 0.973. The van der Waals surface area contributed by atoms with E-state index in [0.29, 0.717) is 11.8 Å². The minimum atomic E-state index is -0.606. The number of hydrogen-bond acceptors (Lipinski definition) is 6. The highest BCUT2D eigenvalue weighted by atomic mass is 16.5. The van der Waals surface area contributed by atoms with Crippen LogP contribution in [0.25, 0.3) is 0 Å². The molecule has 0 aromatic heterocycles. The molecule has 2 aliphatic rings. The molecule has 0 saturated heterocycles. The van der Waals surface area contributed by atoms with Crippen molar-refractivity contribution >= 4 is 0 Å². The molecule has 6 heteroatoms. The molecule has 2 aliphatic carbocycles. The summed E-state index contributed by atoms with van der Waals surface area (Å²) < 4.78 is 10.9. The van der Waals surface area contributed by atoms with E-state index in [1.54, 1.807) is 14.2 Å². The quantitative estimate of drug-likeness (QED) is 0.582. The SMILES string of the molecule is COC1CC(CC2CC(OC)C(O)C(N)C2C)C(C)C(N)C1O. The van der Waals surface area contributed by atoms with Crippen molar-refractivity contribution in [1.29, 1.82) is 0 Å². The van der Waals surface area contributed by atoms with Gasteiger partial charge in [-0.1, -0.05) is 13.8 Å². The lowest BCUT2D eigenvalue weighted by Crippen LogP contribution is -2.57. The smallest absolute Gasteiger partial charge is 0.0954 e. The zero-order valence-corrected chi connectivity index (χ0v) is 14.8. The normalized spacial score (nSPS) is 51.7. The summed E-state index contributed by atoms with van der Waals surface area (Å²) in [5, 5.41) is 20.4. The van der Waals surface area contributed by atoms with Crippen molar-refractivity contribution in [3.05, 3.63) is 0 Å². The molecule has 136 valence electrons. The lowest BCUT2D eigenvalue weighted by molar-refractivity contribution is -0.0995. The number of ether oxygens (including phenoxy) is 2. The van der Waals surface area contributed by atoms with Crippen molar-refractivity contribution in [2.45, 2.75) is 69.6 Å². The van der Waals surface area contributed by atoms with Gasteiger partial charge in [0, 0.05) is 26.3 Å². The van der Waals surface area contributed by atoms with Crippen LogP contribution in [-0.4, -0.2) is 60.9 Å². The van der Waals surface area contributed by atoms with Gasteiger partial charge in [-0.15, -0.1) is 0 Å². The maximum atomic E-state index is 10.2. The Morgan fingerprint density at radius 2 is 1.17 bits per heavy atom. The standard InChI is InChI=1S/C17H34N2O4/c1-8-10(6-12(22-3)16(20)14(8)18)5-11-7-13(23-4)17(21)15(19)9(11)2/h8-17,20-21H,5-7,18-19H2,1-4H3. The molecule has 2 rings (SSSR count). The number of aliphatic hydroxyl groups is 2. The van der Waals surface area contributed by atoms with Crippen molar-refractivity contribution in [3.63, 3.8) is 0 Å². The first-order chi connectivity index (χ1) is 10.8. The van der Waals surface area contributed by atoms with E-state index >= 15 is 0 Å². The first kappa shape index (κ1) is 19.1. The summed E-state index contributed by atoms with van der Waals surface area (Å²) in [6, 6.07) is -0.537. The molecule has 23 heavy (non-hydrogen) atoms. The van der Waals surface area contributed by atoms with E-state index in [0.717, 1.165) is 19.3 Å². The summed E-state index contributed by atoms with van der Waals surface area (Å²) in [7, 11) is 3.26. The van der Waals surface area contributed by atoms with Crippen molar-refractivity contribution in [1.82, 2.24) is 0 Å². The zero-order chi connectivity index (χ0) is 17.3. The first-order valence-electron chi connectivity index (χ1n) is 8.74. The van der Waals surface area contributed by atoms with Crippen LogP contribution >= 0.6 is 0 Å². The van der Waals surface area contributed by atoms with E-state index in [1.807, 2.05) is 0 Å². The molecule has 0 aromatic rings. The lowest BCUT2D eigenvalue weighted by Gasteiger charge is -2.46. The molecule has 10 unspecified atom stereocenters. The third-order valence-corrected chi connectivity index (χ3v) is 6.53. The van der Waals surface area contributed by atoms with Gasteiger partial charge < -0.3 is 31.2 Å². The van der Waals surface area contributed by atoms with E-state index in [2.05, 4.69) is 13.8 Å². The second kappa shape index (κ2) is 7.76. The Balaban J connectivity index is 2.07. The zero-order valence-electron chi connectivity index (χ0n) is 14.8. The minimum Gasteiger partial charge on any atom is -0.389 e. The molecular formula is C17H34N2O4. The second-order valence-corrected chi connectivity index (χ2v) is 7.63. The van der Waals surface area contributed by atoms with Crippen LogP contribution in [0.1, 0.15) is 33.1 Å². The number of hydrogen-bond donors (Lipinski definition) is 4. The summed E-state index contributed by atoms with van der Waals surface area (Å²) in [5.41, 5.74) is 12.4. The molecular weight excluding hydrogens is 296 g/mol. The van der Waals surface area contributed by atoms with Gasteiger partial charge >= 0.3 is 0 Å². The average Bonchev–Trinajstić information content (AvgIpc) is 2.55. The summed E-state index contributed by atoms with van der Waals surface area (Å²) in [4.78, 5) is 0. The Bertz CT molecular complexity index is 346. The van der Waals surface area contributed by atoms with Gasteiger partial charge in [0.15, 0.2) is 0 Å². The van der Waals surface area contributed by atoms with Gasteiger partial charge in [-0.2, -0.15) is 0 Å². The Kier molecular flexibility index (Phi) is 6.44. The fourth-order valence-corrected chi connectivity index (χ4v) is 4.53. The molecule has 0 bridgehead atoms. The topological polar surface area (TPSA) is 111 Å². The van der Waals surface area contributed by atoms with Crippen LogP contribution < -0.4 is 11.5 Å². The predicted molar refractivity (Wildman–Crippen MR) is 88.7 cm³/mol. The Morgan fingerprint density at radius 3 is 1.48 bits per heavy atom. The van der Waals surface area contributed by atoms with Crippen molar-refractivity contribution in [2.24, 2.45) is 35.1 Å². The van der Waals surface area contributed by atoms with Gasteiger partial charge in [-0.3, -0.25) is 0 Å². The van der Waals surface area contributed by atoms with Crippen molar-refractivity contribution in [3.8, 4) is 0 Å². The van der Waals surface area contributed by atoms with Gasteiger partial charge in [0.1, 0.15) is 0 Å². The number of aliphatic hydroxyl groups excluding tert-OH is 2. The first-order valence-corrected chi connectivity index (χ1v) is 8.74. The van der Waals surface area contributed by atoms with E-state index in [4.69, 9.17) is 20.9 Å². The fraction of sp³-hybridized carbons (Fsp3) is 1.00. The molecule has 0 heterocycles. The maximum Gasteiger partial charge on any atom is 0.0954 e. The molecule has 6 nitrogen and oxygen atoms in total. The highest BCUT2D eigenvalue weighted by Gasteiger charge is 2.45. The van der Waals surface area contributed by atoms with Crippen LogP contribution in [0.3, 0.4) is 0 Å². The fourth-order valence-electron chi connectivity index (χ4n) is 4.53. The molecule has 0 spiro atoms. The second-order valence-electron chi connectivity index (χ2n) is 7.63. The molecule has 2 fully saturated rings. The van der Waals surface area contributed by atoms with Crippen LogP contribution in [0.5, 0.6) is 0 Å². The van der Waals surface area contributed by atoms with Gasteiger partial charge in [0.2, 0.25) is 0 Å². The van der Waals surface area contributed by atoms with E-state index < -0.39 is 12.2 Å². The average molecular weight is 330 g/mol. The van der Waals surface area contributed by atoms with Crippen LogP contribution in [0, 0.1) is 23.7 Å². The molecule has 0 aromatic carbocycles. The summed E-state index contributed by atoms with van der Waals surface area (Å²) >= 11 is 0. The lowest BCUT2D eigenvalue weighted by atomic mass is 9.65.